The van der Waals surface area contributed by atoms with E-state index in [1.165, 1.54) is 0 Å². The first-order chi connectivity index (χ1) is 10.7. The number of hydrogen-bond acceptors (Lipinski definition) is 3. The molecule has 2 aliphatic rings. The van der Waals surface area contributed by atoms with Gasteiger partial charge in [0.15, 0.2) is 0 Å². The molecule has 0 spiro atoms. The molecular formula is C17H21N3O2. The van der Waals surface area contributed by atoms with Crippen molar-refractivity contribution in [3.63, 3.8) is 0 Å². The van der Waals surface area contributed by atoms with Crippen molar-refractivity contribution in [3.05, 3.63) is 30.0 Å². The molecule has 1 aromatic carbocycles. The van der Waals surface area contributed by atoms with Gasteiger partial charge in [-0.2, -0.15) is 0 Å². The van der Waals surface area contributed by atoms with Crippen molar-refractivity contribution in [2.75, 3.05) is 40.3 Å². The molecule has 2 atom stereocenters. The number of carbonyl (C=O) groups excluding carboxylic acids is 1. The number of likely N-dealkylation sites (tertiary alicyclic amines) is 2. The average Bonchev–Trinajstić information content (AvgIpc) is 3.17. The first-order valence-corrected chi connectivity index (χ1v) is 7.79. The molecule has 2 unspecified atom stereocenters. The number of H-pyrrole nitrogens is 1. The smallest absolute Gasteiger partial charge is 0.270 e. The molecule has 0 saturated carbocycles. The van der Waals surface area contributed by atoms with E-state index in [1.807, 2.05) is 29.2 Å². The Kier molecular flexibility index (Phi) is 3.11. The molecule has 3 heterocycles. The van der Waals surface area contributed by atoms with Gasteiger partial charge in [0, 0.05) is 37.1 Å². The van der Waals surface area contributed by atoms with Crippen LogP contribution in [0.15, 0.2) is 24.3 Å². The van der Waals surface area contributed by atoms with Gasteiger partial charge in [0.05, 0.1) is 7.11 Å². The highest BCUT2D eigenvalue weighted by Crippen LogP contribution is 2.32. The largest absolute Gasteiger partial charge is 0.496 e. The zero-order valence-corrected chi connectivity index (χ0v) is 13.0. The van der Waals surface area contributed by atoms with Gasteiger partial charge in [0.25, 0.3) is 5.91 Å². The summed E-state index contributed by atoms with van der Waals surface area (Å²) in [6, 6.07) is 7.74. The highest BCUT2D eigenvalue weighted by atomic mass is 16.5. The van der Waals surface area contributed by atoms with E-state index in [1.54, 1.807) is 7.11 Å². The summed E-state index contributed by atoms with van der Waals surface area (Å²) in [5.41, 5.74) is 1.61. The Labute approximate surface area is 129 Å². The van der Waals surface area contributed by atoms with Crippen molar-refractivity contribution < 1.29 is 9.53 Å². The van der Waals surface area contributed by atoms with Gasteiger partial charge < -0.3 is 19.5 Å². The maximum Gasteiger partial charge on any atom is 0.270 e. The van der Waals surface area contributed by atoms with Crippen molar-refractivity contribution in [2.45, 2.75) is 0 Å². The second-order valence-electron chi connectivity index (χ2n) is 6.56. The van der Waals surface area contributed by atoms with E-state index < -0.39 is 0 Å². The normalized spacial score (nSPS) is 24.9. The lowest BCUT2D eigenvalue weighted by Crippen LogP contribution is -2.32. The highest BCUT2D eigenvalue weighted by Gasteiger charge is 2.40. The molecule has 1 amide bonds. The number of amides is 1. The molecular weight excluding hydrogens is 278 g/mol. The molecule has 116 valence electrons. The standard InChI is InChI=1S/C17H21N3O2/c1-19-7-11-9-20(10-12(11)8-19)17(21)15-6-13-14(18-15)4-3-5-16(13)22-2/h3-6,11-12,18H,7-10H2,1-2H3. The van der Waals surface area contributed by atoms with Crippen LogP contribution in [-0.2, 0) is 0 Å². The molecule has 0 aliphatic carbocycles. The van der Waals surface area contributed by atoms with Crippen LogP contribution in [0.3, 0.4) is 0 Å². The van der Waals surface area contributed by atoms with Gasteiger partial charge in [-0.05, 0) is 37.1 Å². The third kappa shape index (κ3) is 2.08. The molecule has 1 N–H and O–H groups in total. The average molecular weight is 299 g/mol. The fourth-order valence-corrected chi connectivity index (χ4v) is 3.98. The third-order valence-electron chi connectivity index (χ3n) is 5.03. The summed E-state index contributed by atoms with van der Waals surface area (Å²) in [5, 5.41) is 0.965. The van der Waals surface area contributed by atoms with E-state index in [0.29, 0.717) is 17.5 Å². The molecule has 5 nitrogen and oxygen atoms in total. The summed E-state index contributed by atoms with van der Waals surface area (Å²) in [6.07, 6.45) is 0. The van der Waals surface area contributed by atoms with Crippen LogP contribution in [0.4, 0.5) is 0 Å². The molecule has 0 radical (unpaired) electrons. The Bertz CT molecular complexity index is 710. The first kappa shape index (κ1) is 13.6. The predicted molar refractivity (Wildman–Crippen MR) is 85.2 cm³/mol. The van der Waals surface area contributed by atoms with Crippen LogP contribution in [-0.4, -0.2) is 61.0 Å². The number of methoxy groups -OCH3 is 1. The van der Waals surface area contributed by atoms with Gasteiger partial charge in [-0.1, -0.05) is 6.07 Å². The molecule has 2 saturated heterocycles. The monoisotopic (exact) mass is 299 g/mol. The number of hydrogen-bond donors (Lipinski definition) is 1. The Hall–Kier alpha value is -2.01. The van der Waals surface area contributed by atoms with Gasteiger partial charge in [0.2, 0.25) is 0 Å². The van der Waals surface area contributed by atoms with Crippen LogP contribution >= 0.6 is 0 Å². The number of fused-ring (bicyclic) bond motifs is 2. The number of aromatic nitrogens is 1. The number of ether oxygens (including phenoxy) is 1. The van der Waals surface area contributed by atoms with E-state index in [4.69, 9.17) is 4.74 Å². The molecule has 5 heteroatoms. The van der Waals surface area contributed by atoms with Crippen LogP contribution in [0.5, 0.6) is 5.75 Å². The van der Waals surface area contributed by atoms with Gasteiger partial charge in [0.1, 0.15) is 11.4 Å². The van der Waals surface area contributed by atoms with Crippen LogP contribution in [0, 0.1) is 11.8 Å². The quantitative estimate of drug-likeness (QED) is 0.920. The number of carbonyl (C=O) groups is 1. The van der Waals surface area contributed by atoms with Crippen LogP contribution < -0.4 is 4.74 Å². The van der Waals surface area contributed by atoms with Crippen LogP contribution in [0.25, 0.3) is 10.9 Å². The zero-order chi connectivity index (χ0) is 15.3. The summed E-state index contributed by atoms with van der Waals surface area (Å²) >= 11 is 0. The maximum atomic E-state index is 12.8. The minimum Gasteiger partial charge on any atom is -0.496 e. The number of aromatic amines is 1. The second kappa shape index (κ2) is 5.02. The summed E-state index contributed by atoms with van der Waals surface area (Å²) in [4.78, 5) is 20.4. The van der Waals surface area contributed by atoms with Crippen molar-refractivity contribution in [1.82, 2.24) is 14.8 Å². The number of rotatable bonds is 2. The van der Waals surface area contributed by atoms with Crippen LogP contribution in [0.2, 0.25) is 0 Å². The number of nitrogens with zero attached hydrogens (tertiary/aromatic N) is 2. The molecule has 4 rings (SSSR count). The van der Waals surface area contributed by atoms with Gasteiger partial charge in [-0.25, -0.2) is 0 Å². The Morgan fingerprint density at radius 1 is 1.23 bits per heavy atom. The van der Waals surface area contributed by atoms with E-state index >= 15 is 0 Å². The third-order valence-corrected chi connectivity index (χ3v) is 5.03. The van der Waals surface area contributed by atoms with Crippen LogP contribution in [0.1, 0.15) is 10.5 Å². The van der Waals surface area contributed by atoms with E-state index in [9.17, 15) is 4.79 Å². The molecule has 0 bridgehead atoms. The predicted octanol–water partition coefficient (Wildman–Crippen LogP) is 1.81. The topological polar surface area (TPSA) is 48.6 Å². The summed E-state index contributed by atoms with van der Waals surface area (Å²) in [5.74, 6) is 2.17. The fourth-order valence-electron chi connectivity index (χ4n) is 3.98. The Morgan fingerprint density at radius 2 is 1.95 bits per heavy atom. The maximum absolute atomic E-state index is 12.8. The highest BCUT2D eigenvalue weighted by molar-refractivity contribution is 5.99. The SMILES string of the molecule is COc1cccc2[nH]c(C(=O)N3CC4CN(C)CC4C3)cc12. The van der Waals surface area contributed by atoms with Gasteiger partial charge in [-0.3, -0.25) is 4.79 Å². The van der Waals surface area contributed by atoms with Crippen molar-refractivity contribution in [1.29, 1.82) is 0 Å². The fraction of sp³-hybridized carbons (Fsp3) is 0.471. The number of benzene rings is 1. The van der Waals surface area contributed by atoms with Crippen molar-refractivity contribution in [3.8, 4) is 5.75 Å². The molecule has 2 aromatic rings. The molecule has 22 heavy (non-hydrogen) atoms. The molecule has 1 aromatic heterocycles. The molecule has 2 aliphatic heterocycles. The lowest BCUT2D eigenvalue weighted by Gasteiger charge is -2.18. The number of nitrogens with one attached hydrogen (secondary N) is 1. The van der Waals surface area contributed by atoms with Gasteiger partial charge in [-0.15, -0.1) is 0 Å². The first-order valence-electron chi connectivity index (χ1n) is 7.79. The minimum atomic E-state index is 0.107. The lowest BCUT2D eigenvalue weighted by atomic mass is 10.0. The summed E-state index contributed by atoms with van der Waals surface area (Å²) < 4.78 is 5.37. The van der Waals surface area contributed by atoms with E-state index in [2.05, 4.69) is 16.9 Å². The lowest BCUT2D eigenvalue weighted by molar-refractivity contribution is 0.0771. The second-order valence-corrected chi connectivity index (χ2v) is 6.56. The van der Waals surface area contributed by atoms with Gasteiger partial charge >= 0.3 is 0 Å². The minimum absolute atomic E-state index is 0.107. The van der Waals surface area contributed by atoms with Crippen molar-refractivity contribution in [2.24, 2.45) is 11.8 Å². The van der Waals surface area contributed by atoms with E-state index in [0.717, 1.165) is 42.8 Å². The zero-order valence-electron chi connectivity index (χ0n) is 13.0. The van der Waals surface area contributed by atoms with Crippen molar-refractivity contribution >= 4 is 16.8 Å². The summed E-state index contributed by atoms with van der Waals surface area (Å²) in [6.45, 7) is 3.96. The molecule has 2 fully saturated rings. The summed E-state index contributed by atoms with van der Waals surface area (Å²) in [7, 11) is 3.82. The Morgan fingerprint density at radius 3 is 2.64 bits per heavy atom. The van der Waals surface area contributed by atoms with E-state index in [-0.39, 0.29) is 5.91 Å². The Balaban J connectivity index is 1.59.